The van der Waals surface area contributed by atoms with Gasteiger partial charge in [0.25, 0.3) is 0 Å². The van der Waals surface area contributed by atoms with Gasteiger partial charge >= 0.3 is 0 Å². The normalized spacial score (nSPS) is 19.0. The summed E-state index contributed by atoms with van der Waals surface area (Å²) >= 11 is 0. The first-order valence-corrected chi connectivity index (χ1v) is 9.40. The predicted molar refractivity (Wildman–Crippen MR) is 104 cm³/mol. The monoisotopic (exact) mass is 345 g/mol. The molecule has 0 atom stereocenters. The van der Waals surface area contributed by atoms with Crippen LogP contribution < -0.4 is 10.2 Å². The Labute approximate surface area is 153 Å². The third-order valence-corrected chi connectivity index (χ3v) is 5.77. The van der Waals surface area contributed by atoms with E-state index in [1.165, 1.54) is 16.9 Å². The second-order valence-electron chi connectivity index (χ2n) is 8.28. The number of hydrogen-bond donors (Lipinski definition) is 1. The van der Waals surface area contributed by atoms with E-state index in [-0.39, 0.29) is 5.41 Å². The van der Waals surface area contributed by atoms with Crippen LogP contribution in [-0.4, -0.2) is 35.6 Å². The number of aromatic nitrogens is 2. The fourth-order valence-corrected chi connectivity index (χ4v) is 4.69. The Morgan fingerprint density at radius 3 is 2.62 bits per heavy atom. The fourth-order valence-electron chi connectivity index (χ4n) is 4.69. The molecule has 26 heavy (non-hydrogen) atoms. The molecule has 0 unspecified atom stereocenters. The second kappa shape index (κ2) is 5.46. The number of piperazine rings is 1. The summed E-state index contributed by atoms with van der Waals surface area (Å²) in [6.45, 7) is 8.56. The summed E-state index contributed by atoms with van der Waals surface area (Å²) in [5, 5.41) is 13.4. The van der Waals surface area contributed by atoms with E-state index in [4.69, 9.17) is 4.98 Å². The number of nitrogens with zero attached hydrogens (tertiary/aromatic N) is 4. The Morgan fingerprint density at radius 1 is 1.12 bits per heavy atom. The Kier molecular flexibility index (Phi) is 3.29. The number of benzene rings is 1. The van der Waals surface area contributed by atoms with Gasteiger partial charge in [0.05, 0.1) is 16.6 Å². The van der Waals surface area contributed by atoms with Crippen LogP contribution >= 0.6 is 0 Å². The summed E-state index contributed by atoms with van der Waals surface area (Å²) in [5.41, 5.74) is 6.40. The molecule has 2 aliphatic rings. The number of nitrogens with one attached hydrogen (secondary N) is 1. The average molecular weight is 345 g/mol. The Bertz CT molecular complexity index is 1060. The second-order valence-corrected chi connectivity index (χ2v) is 8.28. The molecule has 132 valence electrons. The SMILES string of the molecule is CC1(C)Cc2c(c(N3CCNCC3)n3c(nc4ccccc43)c2C#N)C1. The van der Waals surface area contributed by atoms with Crippen LogP contribution in [0, 0.1) is 16.7 Å². The summed E-state index contributed by atoms with van der Waals surface area (Å²) in [7, 11) is 0. The van der Waals surface area contributed by atoms with Crippen LogP contribution in [0.3, 0.4) is 0 Å². The maximum Gasteiger partial charge on any atom is 0.157 e. The van der Waals surface area contributed by atoms with Crippen molar-refractivity contribution >= 4 is 22.5 Å². The van der Waals surface area contributed by atoms with E-state index in [0.29, 0.717) is 0 Å². The van der Waals surface area contributed by atoms with Crippen LogP contribution in [-0.2, 0) is 12.8 Å². The zero-order chi connectivity index (χ0) is 17.9. The standard InChI is InChI=1S/C21H23N5/c1-21(2)11-14-15(12-21)20(25-9-7-23-8-10-25)26-18-6-4-3-5-17(18)24-19(26)16(14)13-22/h3-6,23H,7-12H2,1-2H3. The minimum absolute atomic E-state index is 0.186. The van der Waals surface area contributed by atoms with Gasteiger partial charge in [-0.1, -0.05) is 26.0 Å². The van der Waals surface area contributed by atoms with Crippen molar-refractivity contribution in [1.29, 1.82) is 5.26 Å². The van der Waals surface area contributed by atoms with Crippen LogP contribution in [0.2, 0.25) is 0 Å². The molecule has 1 fully saturated rings. The van der Waals surface area contributed by atoms with Crippen LogP contribution in [0.15, 0.2) is 24.3 Å². The highest BCUT2D eigenvalue weighted by Crippen LogP contribution is 2.44. The largest absolute Gasteiger partial charge is 0.355 e. The Balaban J connectivity index is 1.92. The lowest BCUT2D eigenvalue weighted by Gasteiger charge is -2.32. The number of fused-ring (bicyclic) bond motifs is 4. The zero-order valence-electron chi connectivity index (χ0n) is 15.3. The van der Waals surface area contributed by atoms with Gasteiger partial charge in [-0.3, -0.25) is 4.40 Å². The van der Waals surface area contributed by atoms with Gasteiger partial charge < -0.3 is 10.2 Å². The summed E-state index contributed by atoms with van der Waals surface area (Å²) in [4.78, 5) is 7.35. The van der Waals surface area contributed by atoms with Gasteiger partial charge in [-0.2, -0.15) is 5.26 Å². The fraction of sp³-hybridized carbons (Fsp3) is 0.429. The molecule has 1 saturated heterocycles. The first kappa shape index (κ1) is 15.7. The molecule has 5 heteroatoms. The van der Waals surface area contributed by atoms with Crippen LogP contribution in [0.5, 0.6) is 0 Å². The lowest BCUT2D eigenvalue weighted by Crippen LogP contribution is -2.44. The van der Waals surface area contributed by atoms with Crippen molar-refractivity contribution in [1.82, 2.24) is 14.7 Å². The lowest BCUT2D eigenvalue weighted by molar-refractivity contribution is 0.392. The van der Waals surface area contributed by atoms with E-state index >= 15 is 0 Å². The van der Waals surface area contributed by atoms with E-state index in [1.807, 2.05) is 12.1 Å². The van der Waals surface area contributed by atoms with Gasteiger partial charge in [0.1, 0.15) is 11.9 Å². The maximum atomic E-state index is 9.97. The first-order chi connectivity index (χ1) is 12.6. The molecule has 1 aromatic carbocycles. The van der Waals surface area contributed by atoms with Crippen LogP contribution in [0.4, 0.5) is 5.82 Å². The highest BCUT2D eigenvalue weighted by atomic mass is 15.3. The van der Waals surface area contributed by atoms with E-state index in [1.54, 1.807) is 0 Å². The third-order valence-electron chi connectivity index (χ3n) is 5.77. The summed E-state index contributed by atoms with van der Waals surface area (Å²) in [5.74, 6) is 1.26. The van der Waals surface area contributed by atoms with Gasteiger partial charge in [-0.15, -0.1) is 0 Å². The number of hydrogen-bond acceptors (Lipinski definition) is 4. The van der Waals surface area contributed by atoms with Crippen molar-refractivity contribution in [2.45, 2.75) is 26.7 Å². The van der Waals surface area contributed by atoms with Gasteiger partial charge in [-0.25, -0.2) is 4.98 Å². The van der Waals surface area contributed by atoms with Gasteiger partial charge in [0, 0.05) is 26.2 Å². The molecule has 3 heterocycles. The molecule has 1 aliphatic carbocycles. The number of rotatable bonds is 1. The molecular weight excluding hydrogens is 322 g/mol. The molecule has 0 saturated carbocycles. The number of nitriles is 1. The van der Waals surface area contributed by atoms with E-state index in [9.17, 15) is 5.26 Å². The molecule has 0 spiro atoms. The molecule has 0 bridgehead atoms. The predicted octanol–water partition coefficient (Wildman–Crippen LogP) is 2.89. The number of anilines is 1. The molecule has 5 rings (SSSR count). The minimum Gasteiger partial charge on any atom is -0.355 e. The van der Waals surface area contributed by atoms with Gasteiger partial charge in [0.15, 0.2) is 5.65 Å². The maximum absolute atomic E-state index is 9.97. The first-order valence-electron chi connectivity index (χ1n) is 9.40. The average Bonchev–Trinajstić information content (AvgIpc) is 3.16. The summed E-state index contributed by atoms with van der Waals surface area (Å²) in [6.07, 6.45) is 1.96. The third kappa shape index (κ3) is 2.15. The Hall–Kier alpha value is -2.58. The number of imidazole rings is 1. The molecule has 0 amide bonds. The molecule has 3 aromatic rings. The molecule has 1 N–H and O–H groups in total. The molecule has 0 radical (unpaired) electrons. The molecular formula is C21H23N5. The molecule has 2 aromatic heterocycles. The quantitative estimate of drug-likeness (QED) is 0.737. The molecule has 1 aliphatic heterocycles. The lowest BCUT2D eigenvalue weighted by atomic mass is 9.90. The zero-order valence-corrected chi connectivity index (χ0v) is 15.3. The Morgan fingerprint density at radius 2 is 1.85 bits per heavy atom. The van der Waals surface area contributed by atoms with Crippen molar-refractivity contribution in [3.05, 3.63) is 41.0 Å². The summed E-state index contributed by atoms with van der Waals surface area (Å²) < 4.78 is 2.25. The van der Waals surface area contributed by atoms with Crippen molar-refractivity contribution in [2.24, 2.45) is 5.41 Å². The van der Waals surface area contributed by atoms with Gasteiger partial charge in [0.2, 0.25) is 0 Å². The van der Waals surface area contributed by atoms with Crippen LogP contribution in [0.1, 0.15) is 30.5 Å². The smallest absolute Gasteiger partial charge is 0.157 e. The minimum atomic E-state index is 0.186. The highest BCUT2D eigenvalue weighted by Gasteiger charge is 2.36. The van der Waals surface area contributed by atoms with Crippen molar-refractivity contribution < 1.29 is 0 Å². The van der Waals surface area contributed by atoms with Crippen LogP contribution in [0.25, 0.3) is 16.7 Å². The summed E-state index contributed by atoms with van der Waals surface area (Å²) in [6, 6.07) is 10.7. The van der Waals surface area contributed by atoms with Gasteiger partial charge in [-0.05, 0) is 41.5 Å². The van der Waals surface area contributed by atoms with Crippen molar-refractivity contribution in [3.63, 3.8) is 0 Å². The number of pyridine rings is 1. The number of para-hydroxylation sites is 2. The molecule has 5 nitrogen and oxygen atoms in total. The van der Waals surface area contributed by atoms with E-state index in [0.717, 1.165) is 61.3 Å². The van der Waals surface area contributed by atoms with E-state index in [2.05, 4.69) is 46.7 Å². The van der Waals surface area contributed by atoms with Crippen molar-refractivity contribution in [2.75, 3.05) is 31.1 Å². The highest BCUT2D eigenvalue weighted by molar-refractivity contribution is 5.86. The van der Waals surface area contributed by atoms with E-state index < -0.39 is 0 Å². The topological polar surface area (TPSA) is 56.4 Å². The van der Waals surface area contributed by atoms with Crippen molar-refractivity contribution in [3.8, 4) is 6.07 Å².